The fraction of sp³-hybridized carbons (Fsp3) is 0.500. The van der Waals surface area contributed by atoms with Gasteiger partial charge in [-0.05, 0) is 26.3 Å². The second-order valence-corrected chi connectivity index (χ2v) is 5.57. The fourth-order valence-corrected chi connectivity index (χ4v) is 2.57. The molecule has 114 valence electrons. The van der Waals surface area contributed by atoms with E-state index in [0.29, 0.717) is 13.1 Å². The zero-order valence-electron chi connectivity index (χ0n) is 12.7. The Labute approximate surface area is 125 Å². The third-order valence-corrected chi connectivity index (χ3v) is 3.55. The van der Waals surface area contributed by atoms with Crippen molar-refractivity contribution in [2.75, 3.05) is 13.1 Å². The zero-order chi connectivity index (χ0) is 15.4. The van der Waals surface area contributed by atoms with E-state index in [4.69, 9.17) is 4.74 Å². The van der Waals surface area contributed by atoms with Gasteiger partial charge in [-0.1, -0.05) is 30.3 Å². The van der Waals surface area contributed by atoms with Gasteiger partial charge < -0.3 is 15.0 Å². The highest BCUT2D eigenvalue weighted by atomic mass is 16.5. The number of morpholine rings is 1. The topological polar surface area (TPSA) is 58.6 Å². The van der Waals surface area contributed by atoms with Crippen LogP contribution in [-0.4, -0.2) is 42.0 Å². The molecule has 21 heavy (non-hydrogen) atoms. The van der Waals surface area contributed by atoms with E-state index in [1.54, 1.807) is 4.90 Å². The molecular weight excluding hydrogens is 268 g/mol. The first kappa shape index (κ1) is 15.5. The number of carbonyl (C=O) groups excluding carboxylic acids is 2. The highest BCUT2D eigenvalue weighted by molar-refractivity contribution is 6.35. The number of hydrogen-bond acceptors (Lipinski definition) is 3. The number of carbonyl (C=O) groups is 2. The molecule has 5 heteroatoms. The van der Waals surface area contributed by atoms with Gasteiger partial charge >= 0.3 is 11.8 Å². The molecule has 2 rings (SSSR count). The maximum atomic E-state index is 12.2. The normalized spacial score (nSPS) is 23.5. The molecule has 0 bridgehead atoms. The third-order valence-electron chi connectivity index (χ3n) is 3.55. The number of nitrogens with zero attached hydrogens (tertiary/aromatic N) is 1. The van der Waals surface area contributed by atoms with E-state index >= 15 is 0 Å². The Morgan fingerprint density at radius 2 is 1.76 bits per heavy atom. The quantitative estimate of drug-likeness (QED) is 0.840. The molecule has 0 spiro atoms. The van der Waals surface area contributed by atoms with E-state index < -0.39 is 11.8 Å². The van der Waals surface area contributed by atoms with E-state index in [2.05, 4.69) is 5.32 Å². The molecule has 1 aliphatic heterocycles. The molecule has 1 saturated heterocycles. The van der Waals surface area contributed by atoms with Crippen LogP contribution in [-0.2, 0) is 14.3 Å². The smallest absolute Gasteiger partial charge is 0.312 e. The second-order valence-electron chi connectivity index (χ2n) is 5.57. The number of amides is 2. The van der Waals surface area contributed by atoms with Crippen molar-refractivity contribution >= 4 is 11.8 Å². The Kier molecular flexibility index (Phi) is 4.96. The summed E-state index contributed by atoms with van der Waals surface area (Å²) in [6, 6.07) is 9.39. The monoisotopic (exact) mass is 290 g/mol. The Morgan fingerprint density at radius 3 is 2.33 bits per heavy atom. The van der Waals surface area contributed by atoms with Gasteiger partial charge in [0.15, 0.2) is 0 Å². The van der Waals surface area contributed by atoms with Crippen LogP contribution in [0.4, 0.5) is 0 Å². The standard InChI is InChI=1S/C16H22N2O3/c1-11-9-18(10-12(2)21-11)16(20)15(19)17-13(3)14-7-5-4-6-8-14/h4-8,11-13H,9-10H2,1-3H3,(H,17,19). The van der Waals surface area contributed by atoms with Gasteiger partial charge in [-0.3, -0.25) is 9.59 Å². The summed E-state index contributed by atoms with van der Waals surface area (Å²) in [5, 5.41) is 2.75. The van der Waals surface area contributed by atoms with Crippen LogP contribution in [0, 0.1) is 0 Å². The highest BCUT2D eigenvalue weighted by Crippen LogP contribution is 2.13. The zero-order valence-corrected chi connectivity index (χ0v) is 12.7. The van der Waals surface area contributed by atoms with Crippen molar-refractivity contribution in [2.45, 2.75) is 39.0 Å². The molecule has 0 aliphatic carbocycles. The largest absolute Gasteiger partial charge is 0.372 e. The lowest BCUT2D eigenvalue weighted by atomic mass is 10.1. The molecule has 0 saturated carbocycles. The first-order valence-electron chi connectivity index (χ1n) is 7.27. The number of rotatable bonds is 2. The van der Waals surface area contributed by atoms with Gasteiger partial charge in [0, 0.05) is 13.1 Å². The van der Waals surface area contributed by atoms with Crippen LogP contribution in [0.1, 0.15) is 32.4 Å². The van der Waals surface area contributed by atoms with Crippen LogP contribution in [0.25, 0.3) is 0 Å². The Bertz CT molecular complexity index is 494. The molecule has 2 amide bonds. The Balaban J connectivity index is 1.95. The molecule has 1 heterocycles. The molecule has 1 aromatic carbocycles. The van der Waals surface area contributed by atoms with Gasteiger partial charge in [0.25, 0.3) is 0 Å². The van der Waals surface area contributed by atoms with Crippen LogP contribution < -0.4 is 5.32 Å². The Hall–Kier alpha value is -1.88. The summed E-state index contributed by atoms with van der Waals surface area (Å²) in [5.74, 6) is -1.05. The summed E-state index contributed by atoms with van der Waals surface area (Å²) in [7, 11) is 0. The minimum atomic E-state index is -0.562. The maximum Gasteiger partial charge on any atom is 0.312 e. The summed E-state index contributed by atoms with van der Waals surface area (Å²) in [4.78, 5) is 25.9. The van der Waals surface area contributed by atoms with Crippen molar-refractivity contribution in [3.63, 3.8) is 0 Å². The maximum absolute atomic E-state index is 12.2. The molecule has 0 aromatic heterocycles. The predicted molar refractivity (Wildman–Crippen MR) is 79.6 cm³/mol. The molecule has 3 atom stereocenters. The first-order chi connectivity index (χ1) is 9.97. The average Bonchev–Trinajstić information content (AvgIpc) is 2.46. The third kappa shape index (κ3) is 4.04. The van der Waals surface area contributed by atoms with E-state index in [9.17, 15) is 9.59 Å². The van der Waals surface area contributed by atoms with Crippen molar-refractivity contribution in [1.29, 1.82) is 0 Å². The van der Waals surface area contributed by atoms with E-state index in [-0.39, 0.29) is 18.2 Å². The van der Waals surface area contributed by atoms with Crippen molar-refractivity contribution in [2.24, 2.45) is 0 Å². The number of nitrogens with one attached hydrogen (secondary N) is 1. The van der Waals surface area contributed by atoms with Crippen LogP contribution in [0.3, 0.4) is 0 Å². The predicted octanol–water partition coefficient (Wildman–Crippen LogP) is 1.50. The minimum absolute atomic E-state index is 0.0444. The lowest BCUT2D eigenvalue weighted by Crippen LogP contribution is -2.52. The second kappa shape index (κ2) is 6.72. The average molecular weight is 290 g/mol. The van der Waals surface area contributed by atoms with Gasteiger partial charge in [0.2, 0.25) is 0 Å². The molecule has 0 radical (unpaired) electrons. The number of benzene rings is 1. The van der Waals surface area contributed by atoms with Crippen LogP contribution in [0.2, 0.25) is 0 Å². The summed E-state index contributed by atoms with van der Waals surface area (Å²) in [6.45, 7) is 6.58. The van der Waals surface area contributed by atoms with Gasteiger partial charge in [-0.25, -0.2) is 0 Å². The number of hydrogen-bond donors (Lipinski definition) is 1. The number of ether oxygens (including phenoxy) is 1. The van der Waals surface area contributed by atoms with Gasteiger partial charge in [-0.15, -0.1) is 0 Å². The summed E-state index contributed by atoms with van der Waals surface area (Å²) in [5.41, 5.74) is 0.974. The molecule has 1 fully saturated rings. The molecule has 1 aliphatic rings. The van der Waals surface area contributed by atoms with Crippen molar-refractivity contribution < 1.29 is 14.3 Å². The Morgan fingerprint density at radius 1 is 1.19 bits per heavy atom. The highest BCUT2D eigenvalue weighted by Gasteiger charge is 2.30. The van der Waals surface area contributed by atoms with E-state index in [0.717, 1.165) is 5.56 Å². The van der Waals surface area contributed by atoms with E-state index in [1.807, 2.05) is 51.1 Å². The lowest BCUT2D eigenvalue weighted by Gasteiger charge is -2.35. The molecule has 1 N–H and O–H groups in total. The van der Waals surface area contributed by atoms with Gasteiger partial charge in [0.05, 0.1) is 18.2 Å². The summed E-state index contributed by atoms with van der Waals surface area (Å²) < 4.78 is 5.57. The minimum Gasteiger partial charge on any atom is -0.372 e. The van der Waals surface area contributed by atoms with Crippen molar-refractivity contribution in [1.82, 2.24) is 10.2 Å². The first-order valence-corrected chi connectivity index (χ1v) is 7.27. The van der Waals surface area contributed by atoms with Gasteiger partial charge in [0.1, 0.15) is 0 Å². The lowest BCUT2D eigenvalue weighted by molar-refractivity contribution is -0.153. The molecule has 5 nitrogen and oxygen atoms in total. The molecule has 1 aromatic rings. The van der Waals surface area contributed by atoms with Crippen LogP contribution in [0.15, 0.2) is 30.3 Å². The van der Waals surface area contributed by atoms with Crippen LogP contribution >= 0.6 is 0 Å². The SMILES string of the molecule is CC1CN(C(=O)C(=O)NC(C)c2ccccc2)CC(C)O1. The van der Waals surface area contributed by atoms with Crippen molar-refractivity contribution in [3.8, 4) is 0 Å². The summed E-state index contributed by atoms with van der Waals surface area (Å²) in [6.07, 6.45) is -0.0888. The van der Waals surface area contributed by atoms with Gasteiger partial charge in [-0.2, -0.15) is 0 Å². The molecular formula is C16H22N2O3. The van der Waals surface area contributed by atoms with E-state index in [1.165, 1.54) is 0 Å². The molecule has 3 unspecified atom stereocenters. The van der Waals surface area contributed by atoms with Crippen molar-refractivity contribution in [3.05, 3.63) is 35.9 Å². The summed E-state index contributed by atoms with van der Waals surface area (Å²) >= 11 is 0. The van der Waals surface area contributed by atoms with Crippen LogP contribution in [0.5, 0.6) is 0 Å². The fourth-order valence-electron chi connectivity index (χ4n) is 2.57.